The number of nitrogens with zero attached hydrogens (tertiary/aromatic N) is 1. The van der Waals surface area contributed by atoms with Crippen LogP contribution in [0, 0.1) is 10.8 Å². The standard InChI is InChI=1S/C20H23N7O/c1-23-11-13(10-21)18(22)14-9-12(3-4-15(14)24-2)19-20-16(5-7-25-19)27-17(28)6-8-26-20/h3-5,7,9-11,21-24,26H,6,8H2,1-2H3,(H,27,28)/b13-11+,21-10?,22-18?. The van der Waals surface area contributed by atoms with Crippen molar-refractivity contribution in [3.63, 3.8) is 0 Å². The van der Waals surface area contributed by atoms with Gasteiger partial charge in [0.1, 0.15) is 0 Å². The van der Waals surface area contributed by atoms with Gasteiger partial charge in [-0.1, -0.05) is 6.07 Å². The smallest absolute Gasteiger partial charge is 0.226 e. The summed E-state index contributed by atoms with van der Waals surface area (Å²) in [6.07, 6.45) is 4.81. The normalized spacial score (nSPS) is 13.5. The Balaban J connectivity index is 2.11. The predicted molar refractivity (Wildman–Crippen MR) is 114 cm³/mol. The van der Waals surface area contributed by atoms with Crippen LogP contribution in [0.25, 0.3) is 11.3 Å². The molecule has 0 saturated carbocycles. The fourth-order valence-electron chi connectivity index (χ4n) is 3.09. The van der Waals surface area contributed by atoms with E-state index < -0.39 is 0 Å². The first kappa shape index (κ1) is 19.1. The summed E-state index contributed by atoms with van der Waals surface area (Å²) >= 11 is 0. The summed E-state index contributed by atoms with van der Waals surface area (Å²) < 4.78 is 0. The molecular weight excluding hydrogens is 354 g/mol. The van der Waals surface area contributed by atoms with Crippen LogP contribution in [-0.2, 0) is 4.79 Å². The lowest BCUT2D eigenvalue weighted by Gasteiger charge is -2.16. The van der Waals surface area contributed by atoms with E-state index in [1.807, 2.05) is 18.2 Å². The Morgan fingerprint density at radius 1 is 1.29 bits per heavy atom. The first-order valence-corrected chi connectivity index (χ1v) is 8.91. The summed E-state index contributed by atoms with van der Waals surface area (Å²) in [6.45, 7) is 0.525. The van der Waals surface area contributed by atoms with Gasteiger partial charge < -0.3 is 26.7 Å². The van der Waals surface area contributed by atoms with Crippen LogP contribution < -0.4 is 21.3 Å². The van der Waals surface area contributed by atoms with Gasteiger partial charge >= 0.3 is 0 Å². The molecule has 0 unspecified atom stereocenters. The van der Waals surface area contributed by atoms with Crippen molar-refractivity contribution in [2.24, 2.45) is 0 Å². The quantitative estimate of drug-likeness (QED) is 0.432. The maximum absolute atomic E-state index is 11.8. The maximum Gasteiger partial charge on any atom is 0.226 e. The molecule has 2 aromatic rings. The zero-order chi connectivity index (χ0) is 20.1. The van der Waals surface area contributed by atoms with Crippen molar-refractivity contribution in [3.8, 4) is 11.3 Å². The van der Waals surface area contributed by atoms with Crippen molar-refractivity contribution < 1.29 is 4.79 Å². The van der Waals surface area contributed by atoms with Crippen LogP contribution in [0.15, 0.2) is 42.2 Å². The maximum atomic E-state index is 11.8. The van der Waals surface area contributed by atoms with Gasteiger partial charge in [0.15, 0.2) is 0 Å². The van der Waals surface area contributed by atoms with E-state index in [1.165, 1.54) is 0 Å². The molecule has 28 heavy (non-hydrogen) atoms. The number of rotatable bonds is 6. The highest BCUT2D eigenvalue weighted by molar-refractivity contribution is 6.24. The minimum Gasteiger partial charge on any atom is -0.393 e. The van der Waals surface area contributed by atoms with Gasteiger partial charge in [0.2, 0.25) is 5.91 Å². The largest absolute Gasteiger partial charge is 0.393 e. The second kappa shape index (κ2) is 8.34. The van der Waals surface area contributed by atoms with Crippen LogP contribution in [0.3, 0.4) is 0 Å². The van der Waals surface area contributed by atoms with Crippen molar-refractivity contribution in [1.82, 2.24) is 10.3 Å². The Morgan fingerprint density at radius 2 is 2.11 bits per heavy atom. The summed E-state index contributed by atoms with van der Waals surface area (Å²) in [6, 6.07) is 7.45. The third-order valence-electron chi connectivity index (χ3n) is 4.45. The summed E-state index contributed by atoms with van der Waals surface area (Å²) in [5.41, 5.74) is 5.08. The summed E-state index contributed by atoms with van der Waals surface area (Å²) in [7, 11) is 3.52. The Hall–Kier alpha value is -3.68. The van der Waals surface area contributed by atoms with Gasteiger partial charge in [-0.25, -0.2) is 0 Å². The highest BCUT2D eigenvalue weighted by Gasteiger charge is 2.19. The molecule has 2 heterocycles. The number of hydrogen-bond acceptors (Lipinski definition) is 7. The van der Waals surface area contributed by atoms with Gasteiger partial charge in [0.25, 0.3) is 0 Å². The number of carbonyl (C=O) groups excluding carboxylic acids is 1. The number of anilines is 3. The average molecular weight is 377 g/mol. The van der Waals surface area contributed by atoms with E-state index in [0.717, 1.165) is 23.2 Å². The van der Waals surface area contributed by atoms with E-state index in [1.54, 1.807) is 32.6 Å². The molecule has 0 bridgehead atoms. The van der Waals surface area contributed by atoms with Crippen molar-refractivity contribution >= 4 is 34.9 Å². The number of benzene rings is 1. The number of amides is 1. The molecular formula is C20H23N7O. The molecule has 0 saturated heterocycles. The molecule has 3 rings (SSSR count). The zero-order valence-electron chi connectivity index (χ0n) is 15.8. The number of pyridine rings is 1. The minimum absolute atomic E-state index is 0.0378. The van der Waals surface area contributed by atoms with E-state index in [2.05, 4.69) is 26.3 Å². The van der Waals surface area contributed by atoms with Crippen molar-refractivity contribution in [3.05, 3.63) is 47.8 Å². The molecule has 6 N–H and O–H groups in total. The van der Waals surface area contributed by atoms with Crippen LogP contribution in [0.5, 0.6) is 0 Å². The number of allylic oxidation sites excluding steroid dienone is 1. The molecule has 1 amide bonds. The Morgan fingerprint density at radius 3 is 2.82 bits per heavy atom. The van der Waals surface area contributed by atoms with Crippen molar-refractivity contribution in [1.29, 1.82) is 10.8 Å². The minimum atomic E-state index is -0.0378. The fourth-order valence-corrected chi connectivity index (χ4v) is 3.09. The zero-order valence-corrected chi connectivity index (χ0v) is 15.8. The second-order valence-corrected chi connectivity index (χ2v) is 6.23. The molecule has 0 atom stereocenters. The third kappa shape index (κ3) is 3.71. The average Bonchev–Trinajstić information content (AvgIpc) is 2.91. The summed E-state index contributed by atoms with van der Waals surface area (Å²) in [5.74, 6) is -0.0378. The first-order chi connectivity index (χ1) is 13.6. The SMILES string of the molecule is CN/C=C(\C=N)C(=N)c1cc(-c2nccc3c2NCCC(=O)N3)ccc1NC. The van der Waals surface area contributed by atoms with E-state index in [9.17, 15) is 4.79 Å². The van der Waals surface area contributed by atoms with Crippen LogP contribution in [-0.4, -0.2) is 43.5 Å². The molecule has 1 aliphatic heterocycles. The molecule has 8 nitrogen and oxygen atoms in total. The van der Waals surface area contributed by atoms with Gasteiger partial charge in [-0.05, 0) is 18.2 Å². The summed E-state index contributed by atoms with van der Waals surface area (Å²) in [4.78, 5) is 16.4. The summed E-state index contributed by atoms with van der Waals surface area (Å²) in [5, 5.41) is 28.3. The van der Waals surface area contributed by atoms with Gasteiger partial charge in [-0.15, -0.1) is 0 Å². The Bertz CT molecular complexity index is 965. The van der Waals surface area contributed by atoms with E-state index in [0.29, 0.717) is 35.5 Å². The van der Waals surface area contributed by atoms with E-state index in [-0.39, 0.29) is 11.6 Å². The highest BCUT2D eigenvalue weighted by Crippen LogP contribution is 2.35. The highest BCUT2D eigenvalue weighted by atomic mass is 16.1. The lowest BCUT2D eigenvalue weighted by atomic mass is 9.97. The van der Waals surface area contributed by atoms with Gasteiger partial charge in [0, 0.05) is 68.1 Å². The predicted octanol–water partition coefficient (Wildman–Crippen LogP) is 2.67. The third-order valence-corrected chi connectivity index (χ3v) is 4.45. The van der Waals surface area contributed by atoms with Crippen molar-refractivity contribution in [2.75, 3.05) is 36.6 Å². The van der Waals surface area contributed by atoms with Crippen LogP contribution in [0.2, 0.25) is 0 Å². The molecule has 0 spiro atoms. The van der Waals surface area contributed by atoms with E-state index >= 15 is 0 Å². The lowest BCUT2D eigenvalue weighted by Crippen LogP contribution is -2.11. The molecule has 144 valence electrons. The second-order valence-electron chi connectivity index (χ2n) is 6.23. The number of nitrogens with one attached hydrogen (secondary N) is 6. The van der Waals surface area contributed by atoms with Crippen LogP contribution in [0.4, 0.5) is 17.1 Å². The van der Waals surface area contributed by atoms with E-state index in [4.69, 9.17) is 10.8 Å². The Kier molecular flexibility index (Phi) is 5.69. The molecule has 1 aromatic heterocycles. The monoisotopic (exact) mass is 377 g/mol. The lowest BCUT2D eigenvalue weighted by molar-refractivity contribution is -0.115. The number of aromatic nitrogens is 1. The molecule has 1 aliphatic rings. The molecule has 0 radical (unpaired) electrons. The van der Waals surface area contributed by atoms with Crippen molar-refractivity contribution in [2.45, 2.75) is 6.42 Å². The molecule has 1 aromatic carbocycles. The van der Waals surface area contributed by atoms with Crippen LogP contribution >= 0.6 is 0 Å². The van der Waals surface area contributed by atoms with Gasteiger partial charge in [-0.3, -0.25) is 15.2 Å². The van der Waals surface area contributed by atoms with Gasteiger partial charge in [-0.2, -0.15) is 0 Å². The number of hydrogen-bond donors (Lipinski definition) is 6. The van der Waals surface area contributed by atoms with Crippen LogP contribution in [0.1, 0.15) is 12.0 Å². The topological polar surface area (TPSA) is 126 Å². The fraction of sp³-hybridized carbons (Fsp3) is 0.200. The number of fused-ring (bicyclic) bond motifs is 1. The molecule has 0 fully saturated rings. The first-order valence-electron chi connectivity index (χ1n) is 8.91. The van der Waals surface area contributed by atoms with Gasteiger partial charge in [0.05, 0.1) is 22.8 Å². The molecule has 8 heteroatoms. The number of carbonyl (C=O) groups is 1. The molecule has 0 aliphatic carbocycles. The Labute approximate surface area is 163 Å².